The molecule has 0 aliphatic heterocycles. The van der Waals surface area contributed by atoms with Crippen LogP contribution in [0.3, 0.4) is 0 Å². The summed E-state index contributed by atoms with van der Waals surface area (Å²) in [6.07, 6.45) is 3.04. The van der Waals surface area contributed by atoms with Crippen LogP contribution in [0.4, 0.5) is 5.82 Å². The van der Waals surface area contributed by atoms with Crippen molar-refractivity contribution < 1.29 is 8.42 Å². The molecule has 0 saturated heterocycles. The van der Waals surface area contributed by atoms with Gasteiger partial charge in [-0.2, -0.15) is 0 Å². The standard InChI is InChI=1S/C11H13BrN4O2S/c1-16-7-10(4-9(16)5-13)19(17,18)15-11-3-2-8(12)6-14-11/h2-4,6-7H,5,13H2,1H3,(H,14,15). The van der Waals surface area contributed by atoms with Crippen molar-refractivity contribution in [2.75, 3.05) is 4.72 Å². The molecule has 0 saturated carbocycles. The van der Waals surface area contributed by atoms with Crippen LogP contribution >= 0.6 is 15.9 Å². The van der Waals surface area contributed by atoms with E-state index in [1.807, 2.05) is 0 Å². The number of hydrogen-bond donors (Lipinski definition) is 2. The van der Waals surface area contributed by atoms with Crippen LogP contribution in [0.15, 0.2) is 40.0 Å². The Morgan fingerprint density at radius 1 is 1.47 bits per heavy atom. The molecule has 0 aliphatic carbocycles. The van der Waals surface area contributed by atoms with Gasteiger partial charge in [0.25, 0.3) is 10.0 Å². The first-order valence-corrected chi connectivity index (χ1v) is 7.69. The Morgan fingerprint density at radius 3 is 2.74 bits per heavy atom. The van der Waals surface area contributed by atoms with Crippen molar-refractivity contribution in [1.29, 1.82) is 0 Å². The second-order valence-corrected chi connectivity index (χ2v) is 6.55. The van der Waals surface area contributed by atoms with E-state index in [-0.39, 0.29) is 17.3 Å². The first kappa shape index (κ1) is 14.0. The van der Waals surface area contributed by atoms with Gasteiger partial charge in [0.05, 0.1) is 0 Å². The maximum atomic E-state index is 12.2. The van der Waals surface area contributed by atoms with Crippen LogP contribution < -0.4 is 10.5 Å². The fourth-order valence-corrected chi connectivity index (χ4v) is 2.90. The molecular formula is C11H13BrN4O2S. The first-order chi connectivity index (χ1) is 8.92. The molecule has 0 unspecified atom stereocenters. The van der Waals surface area contributed by atoms with Gasteiger partial charge in [-0.15, -0.1) is 0 Å². The van der Waals surface area contributed by atoms with Crippen LogP contribution in [0.5, 0.6) is 0 Å². The summed E-state index contributed by atoms with van der Waals surface area (Å²) in [5.41, 5.74) is 6.26. The zero-order valence-corrected chi connectivity index (χ0v) is 12.6. The number of aromatic nitrogens is 2. The van der Waals surface area contributed by atoms with Gasteiger partial charge < -0.3 is 10.3 Å². The monoisotopic (exact) mass is 344 g/mol. The SMILES string of the molecule is Cn1cc(S(=O)(=O)Nc2ccc(Br)cn2)cc1CN. The summed E-state index contributed by atoms with van der Waals surface area (Å²) in [6, 6.07) is 4.83. The highest BCUT2D eigenvalue weighted by molar-refractivity contribution is 9.10. The van der Waals surface area contributed by atoms with Gasteiger partial charge in [-0.05, 0) is 34.1 Å². The first-order valence-electron chi connectivity index (χ1n) is 5.42. The molecule has 2 aromatic rings. The fraction of sp³-hybridized carbons (Fsp3) is 0.182. The Labute approximate surface area is 119 Å². The highest BCUT2D eigenvalue weighted by atomic mass is 79.9. The number of anilines is 1. The molecule has 0 bridgehead atoms. The lowest BCUT2D eigenvalue weighted by Gasteiger charge is -2.05. The van der Waals surface area contributed by atoms with E-state index >= 15 is 0 Å². The summed E-state index contributed by atoms with van der Waals surface area (Å²) in [7, 11) is -1.89. The van der Waals surface area contributed by atoms with E-state index in [9.17, 15) is 8.42 Å². The topological polar surface area (TPSA) is 90.0 Å². The number of pyridine rings is 1. The highest BCUT2D eigenvalue weighted by Gasteiger charge is 2.17. The molecule has 3 N–H and O–H groups in total. The van der Waals surface area contributed by atoms with Crippen molar-refractivity contribution in [3.8, 4) is 0 Å². The normalized spacial score (nSPS) is 11.5. The van der Waals surface area contributed by atoms with Gasteiger partial charge in [-0.1, -0.05) is 0 Å². The summed E-state index contributed by atoms with van der Waals surface area (Å²) in [5.74, 6) is 0.265. The van der Waals surface area contributed by atoms with Gasteiger partial charge in [0.15, 0.2) is 0 Å². The largest absolute Gasteiger partial charge is 0.352 e. The molecule has 2 rings (SSSR count). The van der Waals surface area contributed by atoms with Crippen LogP contribution in [0.2, 0.25) is 0 Å². The van der Waals surface area contributed by atoms with E-state index in [1.165, 1.54) is 12.4 Å². The average molecular weight is 345 g/mol. The Morgan fingerprint density at radius 2 is 2.21 bits per heavy atom. The van der Waals surface area contributed by atoms with Crippen molar-refractivity contribution in [1.82, 2.24) is 9.55 Å². The van der Waals surface area contributed by atoms with Crippen molar-refractivity contribution in [3.05, 3.63) is 40.8 Å². The maximum absolute atomic E-state index is 12.2. The number of nitrogens with two attached hydrogens (primary N) is 1. The van der Waals surface area contributed by atoms with Crippen LogP contribution in [0.25, 0.3) is 0 Å². The summed E-state index contributed by atoms with van der Waals surface area (Å²) in [5, 5.41) is 0. The van der Waals surface area contributed by atoms with Crippen LogP contribution in [0, 0.1) is 0 Å². The summed E-state index contributed by atoms with van der Waals surface area (Å²) >= 11 is 3.24. The number of rotatable bonds is 4. The molecule has 2 aromatic heterocycles. The zero-order chi connectivity index (χ0) is 14.0. The van der Waals surface area contributed by atoms with Gasteiger partial charge in [0, 0.05) is 36.2 Å². The Kier molecular flexibility index (Phi) is 3.93. The van der Waals surface area contributed by atoms with E-state index in [0.29, 0.717) is 0 Å². The van der Waals surface area contributed by atoms with E-state index in [2.05, 4.69) is 25.6 Å². The van der Waals surface area contributed by atoms with E-state index < -0.39 is 10.0 Å². The summed E-state index contributed by atoms with van der Waals surface area (Å²) in [4.78, 5) is 4.14. The second kappa shape index (κ2) is 5.32. The quantitative estimate of drug-likeness (QED) is 0.877. The van der Waals surface area contributed by atoms with Gasteiger partial charge in [-0.25, -0.2) is 13.4 Å². The van der Waals surface area contributed by atoms with E-state index in [4.69, 9.17) is 5.73 Å². The Balaban J connectivity index is 2.29. The number of nitrogens with zero attached hydrogens (tertiary/aromatic N) is 2. The van der Waals surface area contributed by atoms with Crippen molar-refractivity contribution in [2.45, 2.75) is 11.4 Å². The number of aryl methyl sites for hydroxylation is 1. The predicted molar refractivity (Wildman–Crippen MR) is 76.0 cm³/mol. The lowest BCUT2D eigenvalue weighted by atomic mass is 10.4. The fourth-order valence-electron chi connectivity index (χ4n) is 1.56. The number of hydrogen-bond acceptors (Lipinski definition) is 4. The minimum absolute atomic E-state index is 0.167. The lowest BCUT2D eigenvalue weighted by Crippen LogP contribution is -2.13. The molecule has 8 heteroatoms. The van der Waals surface area contributed by atoms with Gasteiger partial charge in [0.1, 0.15) is 10.7 Å². The minimum Gasteiger partial charge on any atom is -0.352 e. The summed E-state index contributed by atoms with van der Waals surface area (Å²) in [6.45, 7) is 0.280. The number of nitrogens with one attached hydrogen (secondary N) is 1. The molecule has 19 heavy (non-hydrogen) atoms. The highest BCUT2D eigenvalue weighted by Crippen LogP contribution is 2.18. The molecule has 2 heterocycles. The third-order valence-corrected chi connectivity index (χ3v) is 4.36. The Hall–Kier alpha value is -1.38. The molecule has 0 spiro atoms. The van der Waals surface area contributed by atoms with E-state index in [1.54, 1.807) is 29.8 Å². The van der Waals surface area contributed by atoms with E-state index in [0.717, 1.165) is 10.2 Å². The second-order valence-electron chi connectivity index (χ2n) is 3.95. The smallest absolute Gasteiger partial charge is 0.264 e. The van der Waals surface area contributed by atoms with Crippen molar-refractivity contribution in [3.63, 3.8) is 0 Å². The minimum atomic E-state index is -3.64. The van der Waals surface area contributed by atoms with Crippen LogP contribution in [-0.2, 0) is 23.6 Å². The third-order valence-electron chi connectivity index (χ3n) is 2.57. The van der Waals surface area contributed by atoms with Crippen molar-refractivity contribution in [2.24, 2.45) is 12.8 Å². The zero-order valence-electron chi connectivity index (χ0n) is 10.2. The molecule has 0 aliphatic rings. The third kappa shape index (κ3) is 3.14. The van der Waals surface area contributed by atoms with Gasteiger partial charge in [-0.3, -0.25) is 4.72 Å². The van der Waals surface area contributed by atoms with Crippen molar-refractivity contribution >= 4 is 31.8 Å². The molecule has 0 fully saturated rings. The lowest BCUT2D eigenvalue weighted by molar-refractivity contribution is 0.601. The number of sulfonamides is 1. The maximum Gasteiger partial charge on any atom is 0.264 e. The molecule has 6 nitrogen and oxygen atoms in total. The molecule has 0 radical (unpaired) electrons. The molecular weight excluding hydrogens is 332 g/mol. The van der Waals surface area contributed by atoms with Gasteiger partial charge >= 0.3 is 0 Å². The average Bonchev–Trinajstić information content (AvgIpc) is 2.74. The molecule has 0 amide bonds. The van der Waals surface area contributed by atoms with Crippen LogP contribution in [-0.4, -0.2) is 18.0 Å². The molecule has 102 valence electrons. The van der Waals surface area contributed by atoms with Crippen LogP contribution in [0.1, 0.15) is 5.69 Å². The molecule has 0 aromatic carbocycles. The Bertz CT molecular complexity index is 679. The predicted octanol–water partition coefficient (Wildman–Crippen LogP) is 1.44. The number of halogens is 1. The summed E-state index contributed by atoms with van der Waals surface area (Å²) < 4.78 is 29.2. The van der Waals surface area contributed by atoms with Gasteiger partial charge in [0.2, 0.25) is 0 Å². The molecule has 0 atom stereocenters.